The zero-order chi connectivity index (χ0) is 15.2. The molecule has 0 radical (unpaired) electrons. The molecule has 6 nitrogen and oxygen atoms in total. The third-order valence-electron chi connectivity index (χ3n) is 2.62. The summed E-state index contributed by atoms with van der Waals surface area (Å²) in [5, 5.41) is 8.61. The van der Waals surface area contributed by atoms with Crippen molar-refractivity contribution in [3.05, 3.63) is 47.5 Å². The number of benzene rings is 1. The molecule has 2 rings (SSSR count). The fourth-order valence-corrected chi connectivity index (χ4v) is 1.62. The van der Waals surface area contributed by atoms with E-state index in [9.17, 15) is 14.0 Å². The normalized spacial score (nSPS) is 10.2. The molecule has 0 aliphatic heterocycles. The average molecular weight is 291 g/mol. The summed E-state index contributed by atoms with van der Waals surface area (Å²) < 4.78 is 17.5. The van der Waals surface area contributed by atoms with E-state index in [0.717, 1.165) is 5.56 Å². The van der Waals surface area contributed by atoms with E-state index in [0.29, 0.717) is 5.76 Å². The van der Waals surface area contributed by atoms with Crippen LogP contribution in [0, 0.1) is 12.7 Å². The third kappa shape index (κ3) is 4.72. The van der Waals surface area contributed by atoms with E-state index >= 15 is 0 Å². The molecule has 0 bridgehead atoms. The molecule has 0 fully saturated rings. The smallest absolute Gasteiger partial charge is 0.235 e. The van der Waals surface area contributed by atoms with Gasteiger partial charge in [-0.15, -0.1) is 0 Å². The Morgan fingerprint density at radius 2 is 1.95 bits per heavy atom. The number of hydrogen-bond acceptors (Lipinski definition) is 4. The highest BCUT2D eigenvalue weighted by Crippen LogP contribution is 2.07. The van der Waals surface area contributed by atoms with Crippen LogP contribution in [0.25, 0.3) is 0 Å². The SMILES string of the molecule is Cc1cc(NC(=O)CC(=O)NCc2ccc(F)cc2)no1. The molecule has 21 heavy (non-hydrogen) atoms. The Kier molecular flexibility index (Phi) is 4.65. The fraction of sp³-hybridized carbons (Fsp3) is 0.214. The monoisotopic (exact) mass is 291 g/mol. The summed E-state index contributed by atoms with van der Waals surface area (Å²) in [6.07, 6.45) is -0.326. The molecule has 2 N–H and O–H groups in total. The first-order valence-electron chi connectivity index (χ1n) is 6.27. The van der Waals surface area contributed by atoms with E-state index in [1.807, 2.05) is 0 Å². The lowest BCUT2D eigenvalue weighted by Crippen LogP contribution is -2.27. The quantitative estimate of drug-likeness (QED) is 0.822. The number of aryl methyl sites for hydroxylation is 1. The van der Waals surface area contributed by atoms with Crippen molar-refractivity contribution in [1.29, 1.82) is 0 Å². The highest BCUT2D eigenvalue weighted by molar-refractivity contribution is 6.03. The molecule has 110 valence electrons. The number of hydrogen-bond donors (Lipinski definition) is 2. The first-order chi connectivity index (χ1) is 10.0. The summed E-state index contributed by atoms with van der Waals surface area (Å²) in [6.45, 7) is 1.92. The van der Waals surface area contributed by atoms with Crippen LogP contribution in [0.3, 0.4) is 0 Å². The Labute approximate surface area is 120 Å². The molecule has 0 aliphatic carbocycles. The Morgan fingerprint density at radius 1 is 1.24 bits per heavy atom. The van der Waals surface area contributed by atoms with E-state index in [-0.39, 0.29) is 24.6 Å². The molecule has 2 aromatic rings. The lowest BCUT2D eigenvalue weighted by atomic mass is 10.2. The second-order valence-corrected chi connectivity index (χ2v) is 4.45. The van der Waals surface area contributed by atoms with E-state index in [1.165, 1.54) is 12.1 Å². The van der Waals surface area contributed by atoms with Crippen LogP contribution in [0.15, 0.2) is 34.9 Å². The number of nitrogens with one attached hydrogen (secondary N) is 2. The lowest BCUT2D eigenvalue weighted by molar-refractivity contribution is -0.126. The van der Waals surface area contributed by atoms with Crippen molar-refractivity contribution < 1.29 is 18.5 Å². The van der Waals surface area contributed by atoms with Crippen molar-refractivity contribution in [3.63, 3.8) is 0 Å². The number of amides is 2. The van der Waals surface area contributed by atoms with Gasteiger partial charge in [0.2, 0.25) is 11.8 Å². The van der Waals surface area contributed by atoms with Crippen LogP contribution in [-0.2, 0) is 16.1 Å². The fourth-order valence-electron chi connectivity index (χ4n) is 1.62. The Bertz CT molecular complexity index is 637. The number of carbonyl (C=O) groups excluding carboxylic acids is 2. The van der Waals surface area contributed by atoms with Crippen LogP contribution in [-0.4, -0.2) is 17.0 Å². The minimum Gasteiger partial charge on any atom is -0.360 e. The first kappa shape index (κ1) is 14.7. The van der Waals surface area contributed by atoms with Crippen molar-refractivity contribution in [2.24, 2.45) is 0 Å². The van der Waals surface area contributed by atoms with Gasteiger partial charge in [0.05, 0.1) is 0 Å². The average Bonchev–Trinajstić information content (AvgIpc) is 2.83. The predicted octanol–water partition coefficient (Wildman–Crippen LogP) is 1.77. The molecule has 0 saturated heterocycles. The molecule has 0 spiro atoms. The van der Waals surface area contributed by atoms with Gasteiger partial charge in [-0.1, -0.05) is 17.3 Å². The van der Waals surface area contributed by atoms with Crippen molar-refractivity contribution in [1.82, 2.24) is 10.5 Å². The van der Waals surface area contributed by atoms with Crippen LogP contribution in [0.2, 0.25) is 0 Å². The van der Waals surface area contributed by atoms with Gasteiger partial charge in [-0.05, 0) is 24.6 Å². The largest absolute Gasteiger partial charge is 0.360 e. The van der Waals surface area contributed by atoms with Gasteiger partial charge in [0.15, 0.2) is 5.82 Å². The first-order valence-corrected chi connectivity index (χ1v) is 6.27. The van der Waals surface area contributed by atoms with Crippen molar-refractivity contribution in [2.75, 3.05) is 5.32 Å². The van der Waals surface area contributed by atoms with Crippen molar-refractivity contribution in [3.8, 4) is 0 Å². The molecule has 7 heteroatoms. The zero-order valence-corrected chi connectivity index (χ0v) is 11.4. The molecule has 0 atom stereocenters. The molecular weight excluding hydrogens is 277 g/mol. The number of halogens is 1. The van der Waals surface area contributed by atoms with Gasteiger partial charge in [0.25, 0.3) is 0 Å². The van der Waals surface area contributed by atoms with Gasteiger partial charge >= 0.3 is 0 Å². The van der Waals surface area contributed by atoms with Gasteiger partial charge < -0.3 is 15.2 Å². The number of nitrogens with zero attached hydrogens (tertiary/aromatic N) is 1. The van der Waals surface area contributed by atoms with Crippen molar-refractivity contribution in [2.45, 2.75) is 19.9 Å². The molecule has 2 amide bonds. The number of aromatic nitrogens is 1. The predicted molar refractivity (Wildman–Crippen MR) is 72.7 cm³/mol. The van der Waals surface area contributed by atoms with E-state index in [1.54, 1.807) is 25.1 Å². The maximum absolute atomic E-state index is 12.7. The van der Waals surface area contributed by atoms with Crippen LogP contribution in [0.1, 0.15) is 17.7 Å². The van der Waals surface area contributed by atoms with Crippen molar-refractivity contribution >= 4 is 17.6 Å². The van der Waals surface area contributed by atoms with Gasteiger partial charge in [-0.3, -0.25) is 9.59 Å². The number of carbonyl (C=O) groups is 2. The molecular formula is C14H14FN3O3. The standard InChI is InChI=1S/C14H14FN3O3/c1-9-6-12(18-21-9)17-14(20)7-13(19)16-8-10-2-4-11(15)5-3-10/h2-6H,7-8H2,1H3,(H,16,19)(H,17,18,20). The summed E-state index contributed by atoms with van der Waals surface area (Å²) in [4.78, 5) is 23.2. The van der Waals surface area contributed by atoms with Gasteiger partial charge in [0.1, 0.15) is 18.0 Å². The second kappa shape index (κ2) is 6.65. The van der Waals surface area contributed by atoms with Crippen LogP contribution in [0.5, 0.6) is 0 Å². The molecule has 1 aromatic heterocycles. The maximum Gasteiger partial charge on any atom is 0.235 e. The van der Waals surface area contributed by atoms with Crippen LogP contribution < -0.4 is 10.6 Å². The highest BCUT2D eigenvalue weighted by atomic mass is 19.1. The molecule has 0 unspecified atom stereocenters. The molecule has 0 aliphatic rings. The molecule has 1 aromatic carbocycles. The minimum atomic E-state index is -0.486. The van der Waals surface area contributed by atoms with Gasteiger partial charge in [-0.25, -0.2) is 4.39 Å². The van der Waals surface area contributed by atoms with Crippen LogP contribution >= 0.6 is 0 Å². The Balaban J connectivity index is 1.76. The summed E-state index contributed by atoms with van der Waals surface area (Å²) in [5.41, 5.74) is 0.747. The summed E-state index contributed by atoms with van der Waals surface area (Å²) in [7, 11) is 0. The Morgan fingerprint density at radius 3 is 2.57 bits per heavy atom. The molecule has 0 saturated carbocycles. The Hall–Kier alpha value is -2.70. The maximum atomic E-state index is 12.7. The van der Waals surface area contributed by atoms with Gasteiger partial charge in [-0.2, -0.15) is 0 Å². The van der Waals surface area contributed by atoms with Gasteiger partial charge in [0, 0.05) is 12.6 Å². The summed E-state index contributed by atoms with van der Waals surface area (Å²) in [5.74, 6) is -0.431. The molecule has 1 heterocycles. The zero-order valence-electron chi connectivity index (χ0n) is 11.4. The van der Waals surface area contributed by atoms with E-state index in [4.69, 9.17) is 4.52 Å². The highest BCUT2D eigenvalue weighted by Gasteiger charge is 2.11. The minimum absolute atomic E-state index is 0.232. The second-order valence-electron chi connectivity index (χ2n) is 4.45. The summed E-state index contributed by atoms with van der Waals surface area (Å²) >= 11 is 0. The van der Waals surface area contributed by atoms with E-state index in [2.05, 4.69) is 15.8 Å². The number of anilines is 1. The summed E-state index contributed by atoms with van der Waals surface area (Å²) in [6, 6.07) is 7.29. The van der Waals surface area contributed by atoms with Crippen LogP contribution in [0.4, 0.5) is 10.2 Å². The topological polar surface area (TPSA) is 84.2 Å². The third-order valence-corrected chi connectivity index (χ3v) is 2.62. The lowest BCUT2D eigenvalue weighted by Gasteiger charge is -2.05. The van der Waals surface area contributed by atoms with E-state index < -0.39 is 11.8 Å². The number of rotatable bonds is 5.